The van der Waals surface area contributed by atoms with Gasteiger partial charge in [-0.05, 0) is 211 Å². The number of ether oxygens (including phenoxy) is 5. The van der Waals surface area contributed by atoms with Crippen LogP contribution in [0, 0.1) is 22.2 Å². The lowest BCUT2D eigenvalue weighted by Crippen LogP contribution is -2.39. The average molecular weight is 1740 g/mol. The molecular formula is C96H92O17S7. The highest BCUT2D eigenvalue weighted by Gasteiger charge is 2.58. The van der Waals surface area contributed by atoms with Gasteiger partial charge in [-0.2, -0.15) is 0 Å². The third-order valence-corrected chi connectivity index (χ3v) is 27.0. The van der Waals surface area contributed by atoms with Gasteiger partial charge in [-0.25, -0.2) is 4.79 Å². The molecule has 4 aliphatic rings. The van der Waals surface area contributed by atoms with E-state index in [0.29, 0.717) is 39.1 Å². The lowest BCUT2D eigenvalue weighted by molar-refractivity contribution is -0.155. The van der Waals surface area contributed by atoms with Crippen LogP contribution in [0.4, 0.5) is 0 Å². The third-order valence-electron chi connectivity index (χ3n) is 20.5. The zero-order chi connectivity index (χ0) is 86.1. The largest absolute Gasteiger partial charge is 0.481 e. The van der Waals surface area contributed by atoms with Gasteiger partial charge in [0.2, 0.25) is 5.78 Å². The van der Waals surface area contributed by atoms with Gasteiger partial charge in [0.15, 0.2) is 23.1 Å². The summed E-state index contributed by atoms with van der Waals surface area (Å²) in [5, 5.41) is 23.1. The van der Waals surface area contributed by atoms with Gasteiger partial charge in [-0.1, -0.05) is 170 Å². The molecule has 16 rings (SSSR count). The number of carbonyl (C=O) groups is 11. The fraction of sp³-hybridized carbons (Fsp3) is 0.260. The lowest BCUT2D eigenvalue weighted by atomic mass is 9.73. The van der Waals surface area contributed by atoms with Crippen LogP contribution in [0.5, 0.6) is 0 Å². The van der Waals surface area contributed by atoms with Crippen LogP contribution < -0.4 is 0 Å². The number of hydrogen-bond donors (Lipinski definition) is 1. The summed E-state index contributed by atoms with van der Waals surface area (Å²) in [6.07, 6.45) is 2.82. The van der Waals surface area contributed by atoms with Gasteiger partial charge in [0, 0.05) is 33.4 Å². The number of benzene rings is 5. The first kappa shape index (κ1) is 91.2. The molecule has 1 N–H and O–H groups in total. The van der Waals surface area contributed by atoms with E-state index in [1.54, 1.807) is 105 Å². The molecule has 17 nitrogen and oxygen atoms in total. The Labute approximate surface area is 726 Å². The third kappa shape index (κ3) is 21.4. The van der Waals surface area contributed by atoms with E-state index in [9.17, 15) is 57.8 Å². The van der Waals surface area contributed by atoms with Crippen LogP contribution in [0.3, 0.4) is 0 Å². The molecule has 5 aromatic carbocycles. The van der Waals surface area contributed by atoms with Gasteiger partial charge < -0.3 is 28.8 Å². The summed E-state index contributed by atoms with van der Waals surface area (Å²) < 4.78 is 25.3. The number of hydrogen-bond acceptors (Lipinski definition) is 23. The first-order valence-corrected chi connectivity index (χ1v) is 45.1. The van der Waals surface area contributed by atoms with E-state index in [1.807, 2.05) is 201 Å². The molecule has 0 saturated heterocycles. The minimum atomic E-state index is -1.17. The molecule has 4 aliphatic carbocycles. The SMILES string of the molecule is CC(=O)c1cccs1.CCOC(=O)C(=Cc1ccccc1)C(=O)c1cccs1.CCOC(=O)C1(C)C(=O)c2sccc2[C@H]1c1ccccc1.CCOC(=O)C1C(=O)c2sccc2C1c1ccccc1.CCOC(=O)CC(=O)c1cccs1.CCOC(=O)[C@@]1(C)Cc2sccc2[C@H]1c1ccccc1.C[C@]1(C(=O)O)Cc2sccc2[C@H]1c1ccccc1. The maximum atomic E-state index is 12.8. The predicted molar refractivity (Wildman–Crippen MR) is 476 cm³/mol. The fourth-order valence-electron chi connectivity index (χ4n) is 15.0. The Bertz CT molecular complexity index is 5470. The van der Waals surface area contributed by atoms with Gasteiger partial charge in [0.05, 0.1) is 68.3 Å². The molecule has 0 radical (unpaired) electrons. The van der Waals surface area contributed by atoms with Gasteiger partial charge in [-0.3, -0.25) is 47.9 Å². The lowest BCUT2D eigenvalue weighted by Gasteiger charge is -2.30. The van der Waals surface area contributed by atoms with Crippen LogP contribution in [0.1, 0.15) is 201 Å². The predicted octanol–water partition coefficient (Wildman–Crippen LogP) is 21.8. The van der Waals surface area contributed by atoms with Crippen molar-refractivity contribution in [3.8, 4) is 0 Å². The van der Waals surface area contributed by atoms with Crippen molar-refractivity contribution < 1.29 is 81.5 Å². The number of carbonyl (C=O) groups excluding carboxylic acids is 10. The number of fused-ring (bicyclic) bond motifs is 4. The maximum absolute atomic E-state index is 12.8. The number of aliphatic carboxylic acids is 1. The maximum Gasteiger partial charge on any atom is 0.342 e. The van der Waals surface area contributed by atoms with Gasteiger partial charge >= 0.3 is 35.8 Å². The van der Waals surface area contributed by atoms with Crippen molar-refractivity contribution in [3.63, 3.8) is 0 Å². The molecule has 0 bridgehead atoms. The van der Waals surface area contributed by atoms with E-state index in [0.717, 1.165) is 44.7 Å². The zero-order valence-electron chi connectivity index (χ0n) is 67.7. The van der Waals surface area contributed by atoms with Crippen LogP contribution in [0.25, 0.3) is 6.08 Å². The molecule has 7 aromatic heterocycles. The first-order valence-electron chi connectivity index (χ1n) is 39.0. The van der Waals surface area contributed by atoms with Crippen molar-refractivity contribution >= 4 is 150 Å². The van der Waals surface area contributed by atoms with E-state index < -0.39 is 52.0 Å². The highest BCUT2D eigenvalue weighted by Crippen LogP contribution is 2.56. The second kappa shape index (κ2) is 43.2. The molecule has 120 heavy (non-hydrogen) atoms. The number of ketones is 5. The monoisotopic (exact) mass is 1740 g/mol. The minimum absolute atomic E-state index is 0.0301. The highest BCUT2D eigenvalue weighted by atomic mass is 32.1. The van der Waals surface area contributed by atoms with Crippen LogP contribution >= 0.6 is 79.4 Å². The van der Waals surface area contributed by atoms with Crippen molar-refractivity contribution in [3.05, 3.63) is 340 Å². The molecule has 8 atom stereocenters. The Morgan fingerprint density at radius 1 is 0.417 bits per heavy atom. The minimum Gasteiger partial charge on any atom is -0.481 e. The first-order chi connectivity index (χ1) is 57.9. The number of carboxylic acid groups (broad SMARTS) is 1. The van der Waals surface area contributed by atoms with Crippen LogP contribution in [-0.2, 0) is 65.3 Å². The molecule has 0 saturated carbocycles. The number of Topliss-reactive ketones (excluding diaryl/α,β-unsaturated/α-hetero) is 5. The Morgan fingerprint density at radius 3 is 1.32 bits per heavy atom. The van der Waals surface area contributed by atoms with Crippen LogP contribution in [0.2, 0.25) is 0 Å². The van der Waals surface area contributed by atoms with Crippen molar-refractivity contribution in [1.29, 1.82) is 0 Å². The Kier molecular flexibility index (Phi) is 32.9. The smallest absolute Gasteiger partial charge is 0.342 e. The van der Waals surface area contributed by atoms with Gasteiger partial charge in [0.1, 0.15) is 23.3 Å². The molecule has 620 valence electrons. The molecule has 0 aliphatic heterocycles. The summed E-state index contributed by atoms with van der Waals surface area (Å²) in [4.78, 5) is 137. The van der Waals surface area contributed by atoms with Crippen LogP contribution in [-0.4, -0.2) is 103 Å². The van der Waals surface area contributed by atoms with Crippen molar-refractivity contribution in [2.75, 3.05) is 33.0 Å². The summed E-state index contributed by atoms with van der Waals surface area (Å²) in [5.74, 6) is -4.41. The molecule has 3 unspecified atom stereocenters. The number of rotatable bonds is 21. The summed E-state index contributed by atoms with van der Waals surface area (Å²) in [7, 11) is 0. The number of esters is 5. The second-order valence-electron chi connectivity index (χ2n) is 28.4. The molecule has 0 fully saturated rings. The molecule has 0 spiro atoms. The molecular weight excluding hydrogens is 1650 g/mol. The summed E-state index contributed by atoms with van der Waals surface area (Å²) in [6.45, 7) is 17.5. The molecule has 7 heterocycles. The van der Waals surface area contributed by atoms with E-state index >= 15 is 0 Å². The Hall–Kier alpha value is -11.1. The summed E-state index contributed by atoms with van der Waals surface area (Å²) in [5.41, 5.74) is 7.09. The fourth-order valence-corrected chi connectivity index (χ4v) is 21.0. The van der Waals surface area contributed by atoms with E-state index in [1.165, 1.54) is 83.1 Å². The Balaban J connectivity index is 0.000000149. The van der Waals surface area contributed by atoms with Crippen molar-refractivity contribution in [2.24, 2.45) is 22.2 Å². The standard InChI is InChI=1S/C17H16O3S.C17H18O2S.2C16H14O3S.C15H14O2S.C9H10O3S.C6H6OS/c1-3-20-16(19)17(2)13(11-7-5-4-6-8-11)12-9-10-21-14(12)15(17)18;1-3-19-16(18)17(2)11-14-13(9-10-20-14)15(17)12-7-5-4-6-8-12;1-2-19-16(18)13-12(10-6-4-3-5-7-10)11-8-9-20-15(11)14(13)17;1-2-19-16(18)13(11-12-7-4-3-5-8-12)15(17)14-9-6-10-20-14;1-15(14(16)17)9-12-11(7-8-18-12)13(15)10-5-3-2-4-6-10;1-2-12-9(11)6-7(10)8-4-3-5-13-8;1-5(7)6-3-2-4-8-6/h4-10,13H,3H2,1-2H3;4-10,15H,3,11H2,1-2H3;3-9,12-13H,2H2,1H3;3-11H,2H2,1H3;2-8,13H,9H2,1H3,(H,16,17);3-5H,2,6H2,1H3;2-4H,1H3/t13-,17?;15-,17+;;;13-,15+;;/m11..1../s1. The zero-order valence-corrected chi connectivity index (χ0v) is 73.4. The number of thiophene rings is 7. The van der Waals surface area contributed by atoms with E-state index in [4.69, 9.17) is 18.9 Å². The van der Waals surface area contributed by atoms with E-state index in [2.05, 4.69) is 39.8 Å². The second-order valence-corrected chi connectivity index (χ2v) is 35.1. The van der Waals surface area contributed by atoms with E-state index in [-0.39, 0.29) is 90.4 Å². The Morgan fingerprint density at radius 2 is 0.842 bits per heavy atom. The molecule has 12 aromatic rings. The van der Waals surface area contributed by atoms with Gasteiger partial charge in [-0.15, -0.1) is 79.4 Å². The van der Waals surface area contributed by atoms with Crippen LogP contribution in [0.15, 0.2) is 256 Å². The van der Waals surface area contributed by atoms with Gasteiger partial charge in [0.25, 0.3) is 0 Å². The van der Waals surface area contributed by atoms with Crippen molar-refractivity contribution in [1.82, 2.24) is 0 Å². The quantitative estimate of drug-likeness (QED) is 0.0175. The summed E-state index contributed by atoms with van der Waals surface area (Å²) >= 11 is 10.3. The molecule has 0 amide bonds. The summed E-state index contributed by atoms with van der Waals surface area (Å²) in [6, 6.07) is 67.7. The highest BCUT2D eigenvalue weighted by molar-refractivity contribution is 7.14. The normalized spacial score (nSPS) is 19.1. The van der Waals surface area contributed by atoms with Crippen molar-refractivity contribution in [2.45, 2.75) is 105 Å². The molecule has 24 heteroatoms. The topological polar surface area (TPSA) is 254 Å². The average Bonchev–Trinajstić information content (AvgIpc) is 1.57. The number of carboxylic acids is 1.